The number of hydrogen-bond acceptors (Lipinski definition) is 3. The van der Waals surface area contributed by atoms with Crippen LogP contribution in [0, 0.1) is 5.82 Å². The van der Waals surface area contributed by atoms with Crippen molar-refractivity contribution in [2.24, 2.45) is 4.99 Å². The summed E-state index contributed by atoms with van der Waals surface area (Å²) in [7, 11) is 1.76. The van der Waals surface area contributed by atoms with Crippen LogP contribution >= 0.6 is 35.7 Å². The number of thioether (sulfide) groups is 1. The lowest BCUT2D eigenvalue weighted by molar-refractivity contribution is 0.105. The number of ether oxygens (including phenoxy) is 1. The predicted molar refractivity (Wildman–Crippen MR) is 111 cm³/mol. The van der Waals surface area contributed by atoms with Crippen LogP contribution in [0.15, 0.2) is 23.2 Å². The lowest BCUT2D eigenvalue weighted by Crippen LogP contribution is -2.38. The number of benzene rings is 1. The van der Waals surface area contributed by atoms with Gasteiger partial charge in [0.25, 0.3) is 0 Å². The Morgan fingerprint density at radius 2 is 2.21 bits per heavy atom. The molecule has 0 saturated carbocycles. The number of nitrogens with one attached hydrogen (secondary N) is 2. The molecule has 1 aliphatic rings. The molecule has 24 heavy (non-hydrogen) atoms. The first-order valence-corrected chi connectivity index (χ1v) is 9.44. The Bertz CT molecular complexity index is 525. The second-order valence-electron chi connectivity index (χ2n) is 5.62. The molecular formula is C17H27FIN3OS. The molecule has 4 nitrogen and oxygen atoms in total. The first kappa shape index (κ1) is 21.5. The van der Waals surface area contributed by atoms with E-state index >= 15 is 0 Å². The van der Waals surface area contributed by atoms with Gasteiger partial charge in [-0.1, -0.05) is 6.07 Å². The Hall–Kier alpha value is -0.540. The number of aliphatic imine (C=N–C) groups is 1. The van der Waals surface area contributed by atoms with Gasteiger partial charge in [0.2, 0.25) is 0 Å². The molecule has 0 spiro atoms. The lowest BCUT2D eigenvalue weighted by atomic mass is 10.1. The van der Waals surface area contributed by atoms with Crippen LogP contribution in [0.4, 0.5) is 4.39 Å². The summed E-state index contributed by atoms with van der Waals surface area (Å²) >= 11 is 1.69. The van der Waals surface area contributed by atoms with E-state index in [4.69, 9.17) is 4.74 Å². The largest absolute Gasteiger partial charge is 0.378 e. The van der Waals surface area contributed by atoms with Crippen LogP contribution < -0.4 is 10.6 Å². The van der Waals surface area contributed by atoms with Crippen molar-refractivity contribution >= 4 is 41.7 Å². The molecule has 1 heterocycles. The topological polar surface area (TPSA) is 45.7 Å². The van der Waals surface area contributed by atoms with Crippen molar-refractivity contribution in [1.29, 1.82) is 0 Å². The minimum Gasteiger partial charge on any atom is -0.378 e. The van der Waals surface area contributed by atoms with Gasteiger partial charge in [0.05, 0.1) is 6.10 Å². The van der Waals surface area contributed by atoms with Crippen molar-refractivity contribution in [2.75, 3.05) is 26.5 Å². The fraction of sp³-hybridized carbons (Fsp3) is 0.588. The number of rotatable bonds is 7. The monoisotopic (exact) mass is 467 g/mol. The average Bonchev–Trinajstić information content (AvgIpc) is 3.06. The second kappa shape index (κ2) is 11.9. The van der Waals surface area contributed by atoms with Crippen molar-refractivity contribution in [3.05, 3.63) is 35.1 Å². The molecule has 0 radical (unpaired) electrons. The average molecular weight is 467 g/mol. The summed E-state index contributed by atoms with van der Waals surface area (Å²) in [5.74, 6) is 1.39. The highest BCUT2D eigenvalue weighted by molar-refractivity contribution is 14.0. The fourth-order valence-electron chi connectivity index (χ4n) is 2.68. The van der Waals surface area contributed by atoms with Crippen molar-refractivity contribution in [3.63, 3.8) is 0 Å². The Balaban J connectivity index is 0.00000288. The molecule has 1 aromatic carbocycles. The Labute approximate surface area is 165 Å². The first-order valence-electron chi connectivity index (χ1n) is 8.05. The Morgan fingerprint density at radius 3 is 2.88 bits per heavy atom. The zero-order valence-electron chi connectivity index (χ0n) is 14.3. The van der Waals surface area contributed by atoms with Gasteiger partial charge >= 0.3 is 0 Å². The van der Waals surface area contributed by atoms with E-state index in [0.29, 0.717) is 12.6 Å². The number of nitrogens with zero attached hydrogens (tertiary/aromatic N) is 1. The molecule has 0 aliphatic carbocycles. The van der Waals surface area contributed by atoms with Gasteiger partial charge in [0, 0.05) is 32.5 Å². The molecule has 0 bridgehead atoms. The van der Waals surface area contributed by atoms with Crippen molar-refractivity contribution < 1.29 is 9.13 Å². The summed E-state index contributed by atoms with van der Waals surface area (Å²) in [6.45, 7) is 2.36. The standard InChI is InChI=1S/C17H26FN3OS.HI/c1-19-17(20-8-7-16-4-3-9-22-16)21-11-13-5-6-15(18)10-14(13)12-23-2;/h5-6,10,16H,3-4,7-9,11-12H2,1-2H3,(H2,19,20,21);1H. The molecule has 2 N–H and O–H groups in total. The van der Waals surface area contributed by atoms with Crippen LogP contribution in [0.3, 0.4) is 0 Å². The minimum absolute atomic E-state index is 0. The molecule has 0 aromatic heterocycles. The van der Waals surface area contributed by atoms with Crippen molar-refractivity contribution in [1.82, 2.24) is 10.6 Å². The lowest BCUT2D eigenvalue weighted by Gasteiger charge is -2.15. The highest BCUT2D eigenvalue weighted by atomic mass is 127. The third-order valence-corrected chi connectivity index (χ3v) is 4.52. The normalized spacial score (nSPS) is 17.5. The van der Waals surface area contributed by atoms with Crippen LogP contribution in [0.5, 0.6) is 0 Å². The van der Waals surface area contributed by atoms with E-state index in [1.165, 1.54) is 12.5 Å². The second-order valence-corrected chi connectivity index (χ2v) is 6.49. The quantitative estimate of drug-likeness (QED) is 0.366. The van der Waals surface area contributed by atoms with Gasteiger partial charge < -0.3 is 15.4 Å². The molecule has 1 aromatic rings. The number of hydrogen-bond donors (Lipinski definition) is 2. The Morgan fingerprint density at radius 1 is 1.38 bits per heavy atom. The van der Waals surface area contributed by atoms with Gasteiger partial charge in [0.15, 0.2) is 5.96 Å². The molecule has 2 rings (SSSR count). The number of guanidine groups is 1. The van der Waals surface area contributed by atoms with Crippen molar-refractivity contribution in [3.8, 4) is 0 Å². The van der Waals surface area contributed by atoms with Gasteiger partial charge in [-0.25, -0.2) is 4.39 Å². The maximum Gasteiger partial charge on any atom is 0.191 e. The fourth-order valence-corrected chi connectivity index (χ4v) is 3.26. The number of halogens is 2. The summed E-state index contributed by atoms with van der Waals surface area (Å²) in [4.78, 5) is 4.23. The summed E-state index contributed by atoms with van der Waals surface area (Å²) in [5.41, 5.74) is 2.13. The Kier molecular flexibility index (Phi) is 10.7. The van der Waals surface area contributed by atoms with Gasteiger partial charge in [0.1, 0.15) is 5.82 Å². The van der Waals surface area contributed by atoms with Crippen LogP contribution in [-0.2, 0) is 17.0 Å². The highest BCUT2D eigenvalue weighted by Crippen LogP contribution is 2.17. The summed E-state index contributed by atoms with van der Waals surface area (Å²) in [5, 5.41) is 6.60. The van der Waals surface area contributed by atoms with E-state index < -0.39 is 0 Å². The first-order chi connectivity index (χ1) is 11.2. The zero-order valence-corrected chi connectivity index (χ0v) is 17.5. The third kappa shape index (κ3) is 7.14. The van der Waals surface area contributed by atoms with E-state index in [0.717, 1.165) is 48.8 Å². The summed E-state index contributed by atoms with van der Waals surface area (Å²) < 4.78 is 19.0. The summed E-state index contributed by atoms with van der Waals surface area (Å²) in [6, 6.07) is 4.96. The van der Waals surface area contributed by atoms with Crippen molar-refractivity contribution in [2.45, 2.75) is 37.7 Å². The molecule has 1 aliphatic heterocycles. The molecular weight excluding hydrogens is 440 g/mol. The third-order valence-electron chi connectivity index (χ3n) is 3.92. The van der Waals surface area contributed by atoms with Crippen LogP contribution in [-0.4, -0.2) is 38.5 Å². The molecule has 1 atom stereocenters. The summed E-state index contributed by atoms with van der Waals surface area (Å²) in [6.07, 6.45) is 5.72. The van der Waals surface area contributed by atoms with E-state index in [2.05, 4.69) is 15.6 Å². The van der Waals surface area contributed by atoms with Gasteiger partial charge in [-0.05, 0) is 48.8 Å². The SMILES string of the molecule is CN=C(NCCC1CCCO1)NCc1ccc(F)cc1CSC.I. The van der Waals surface area contributed by atoms with Gasteiger partial charge in [-0.15, -0.1) is 24.0 Å². The van der Waals surface area contributed by atoms with Crippen LogP contribution in [0.2, 0.25) is 0 Å². The smallest absolute Gasteiger partial charge is 0.191 e. The minimum atomic E-state index is -0.183. The molecule has 1 unspecified atom stereocenters. The predicted octanol–water partition coefficient (Wildman–Crippen LogP) is 3.54. The molecule has 136 valence electrons. The van der Waals surface area contributed by atoms with Crippen LogP contribution in [0.25, 0.3) is 0 Å². The molecule has 1 fully saturated rings. The van der Waals surface area contributed by atoms with Gasteiger partial charge in [-0.3, -0.25) is 4.99 Å². The van der Waals surface area contributed by atoms with E-state index in [-0.39, 0.29) is 29.8 Å². The van der Waals surface area contributed by atoms with E-state index in [9.17, 15) is 4.39 Å². The van der Waals surface area contributed by atoms with Crippen LogP contribution in [0.1, 0.15) is 30.4 Å². The molecule has 7 heteroatoms. The molecule has 1 saturated heterocycles. The maximum atomic E-state index is 13.4. The zero-order chi connectivity index (χ0) is 16.5. The molecule has 0 amide bonds. The van der Waals surface area contributed by atoms with Gasteiger partial charge in [-0.2, -0.15) is 11.8 Å². The highest BCUT2D eigenvalue weighted by Gasteiger charge is 2.14. The van der Waals surface area contributed by atoms with E-state index in [1.807, 2.05) is 12.3 Å². The maximum absolute atomic E-state index is 13.4. The van der Waals surface area contributed by atoms with E-state index in [1.54, 1.807) is 24.9 Å².